The van der Waals surface area contributed by atoms with Gasteiger partial charge in [0.25, 0.3) is 0 Å². The van der Waals surface area contributed by atoms with Gasteiger partial charge in [-0.25, -0.2) is 0 Å². The molecule has 0 radical (unpaired) electrons. The Kier molecular flexibility index (Phi) is 13.7. The van der Waals surface area contributed by atoms with Gasteiger partial charge in [0.05, 0.1) is 17.1 Å². The molecule has 44 heavy (non-hydrogen) atoms. The Morgan fingerprint density at radius 2 is 1.18 bits per heavy atom. The number of nitrogens with zero attached hydrogens (tertiary/aromatic N) is 2. The van der Waals surface area contributed by atoms with E-state index in [1.807, 2.05) is 18.3 Å². The van der Waals surface area contributed by atoms with Crippen LogP contribution in [-0.4, -0.2) is 22.1 Å². The van der Waals surface area contributed by atoms with Gasteiger partial charge >= 0.3 is 0 Å². The Hall–Kier alpha value is -3.92. The SMILES string of the molecule is CCCCC(C=Nc1ccc(CC)c(CC)c1)=Nc1ccc(CC)c(CC)c1.CCc1cc(CC)c2ccc(O)c(O)c2c1. The van der Waals surface area contributed by atoms with Gasteiger partial charge in [-0.1, -0.05) is 79.2 Å². The zero-order chi connectivity index (χ0) is 32.1. The lowest BCUT2D eigenvalue weighted by Gasteiger charge is -2.10. The second kappa shape index (κ2) is 17.4. The van der Waals surface area contributed by atoms with Gasteiger partial charge < -0.3 is 10.2 Å². The van der Waals surface area contributed by atoms with Gasteiger partial charge in [-0.2, -0.15) is 0 Å². The lowest BCUT2D eigenvalue weighted by molar-refractivity contribution is 0.408. The van der Waals surface area contributed by atoms with Crippen molar-refractivity contribution in [2.24, 2.45) is 9.98 Å². The summed E-state index contributed by atoms with van der Waals surface area (Å²) in [6.45, 7) is 15.2. The minimum Gasteiger partial charge on any atom is -0.504 e. The highest BCUT2D eigenvalue weighted by molar-refractivity contribution is 6.31. The Morgan fingerprint density at radius 3 is 1.75 bits per heavy atom. The fourth-order valence-electron chi connectivity index (χ4n) is 5.59. The maximum absolute atomic E-state index is 9.85. The monoisotopic (exact) mass is 592 g/mol. The Bertz CT molecular complexity index is 1580. The van der Waals surface area contributed by atoms with E-state index in [4.69, 9.17) is 9.98 Å². The minimum atomic E-state index is -0.0530. The van der Waals surface area contributed by atoms with Gasteiger partial charge in [0.2, 0.25) is 0 Å². The van der Waals surface area contributed by atoms with Crippen LogP contribution in [0, 0.1) is 0 Å². The van der Waals surface area contributed by atoms with E-state index >= 15 is 0 Å². The average Bonchev–Trinajstić information content (AvgIpc) is 3.07. The van der Waals surface area contributed by atoms with E-state index in [1.54, 1.807) is 6.07 Å². The first kappa shape index (κ1) is 34.6. The van der Waals surface area contributed by atoms with Gasteiger partial charge in [-0.3, -0.25) is 9.98 Å². The van der Waals surface area contributed by atoms with Gasteiger partial charge in [-0.15, -0.1) is 0 Å². The number of benzene rings is 4. The molecule has 4 rings (SSSR count). The summed E-state index contributed by atoms with van der Waals surface area (Å²) < 4.78 is 0. The van der Waals surface area contributed by atoms with Crippen LogP contribution in [0.3, 0.4) is 0 Å². The molecule has 0 aliphatic rings. The first-order valence-electron chi connectivity index (χ1n) is 16.6. The number of phenolic OH excluding ortho intramolecular Hbond substituents is 2. The van der Waals surface area contributed by atoms with Crippen LogP contribution in [-0.2, 0) is 38.5 Å². The second-order valence-electron chi connectivity index (χ2n) is 11.3. The van der Waals surface area contributed by atoms with Crippen molar-refractivity contribution < 1.29 is 10.2 Å². The molecule has 0 spiro atoms. The minimum absolute atomic E-state index is 0.0116. The smallest absolute Gasteiger partial charge is 0.165 e. The van der Waals surface area contributed by atoms with Crippen LogP contribution in [0.25, 0.3) is 10.8 Å². The highest BCUT2D eigenvalue weighted by atomic mass is 16.3. The number of aromatic hydroxyl groups is 2. The van der Waals surface area contributed by atoms with Crippen LogP contribution in [0.5, 0.6) is 11.5 Å². The highest BCUT2D eigenvalue weighted by Gasteiger charge is 2.09. The summed E-state index contributed by atoms with van der Waals surface area (Å²) in [5.74, 6) is -0.0645. The Labute approximate surface area is 265 Å². The zero-order valence-corrected chi connectivity index (χ0v) is 28.0. The molecule has 0 saturated heterocycles. The van der Waals surface area contributed by atoms with Crippen molar-refractivity contribution in [3.05, 3.63) is 94.0 Å². The molecule has 4 aromatic rings. The number of aryl methyl sites for hydroxylation is 6. The number of fused-ring (bicyclic) bond motifs is 1. The Morgan fingerprint density at radius 1 is 0.591 bits per heavy atom. The van der Waals surface area contributed by atoms with Crippen LogP contribution >= 0.6 is 0 Å². The largest absolute Gasteiger partial charge is 0.504 e. The molecule has 4 heteroatoms. The van der Waals surface area contributed by atoms with E-state index in [0.717, 1.165) is 85.6 Å². The molecule has 0 aromatic heterocycles. The molecule has 0 atom stereocenters. The highest BCUT2D eigenvalue weighted by Crippen LogP contribution is 2.36. The van der Waals surface area contributed by atoms with Crippen molar-refractivity contribution in [1.82, 2.24) is 0 Å². The topological polar surface area (TPSA) is 65.2 Å². The molecule has 4 nitrogen and oxygen atoms in total. The number of phenols is 2. The first-order chi connectivity index (χ1) is 21.3. The van der Waals surface area contributed by atoms with Crippen LogP contribution in [0.2, 0.25) is 0 Å². The summed E-state index contributed by atoms with van der Waals surface area (Å²) >= 11 is 0. The van der Waals surface area contributed by atoms with Crippen molar-refractivity contribution in [2.45, 2.75) is 106 Å². The summed E-state index contributed by atoms with van der Waals surface area (Å²) in [4.78, 5) is 9.70. The van der Waals surface area contributed by atoms with Crippen molar-refractivity contribution in [2.75, 3.05) is 0 Å². The lowest BCUT2D eigenvalue weighted by atomic mass is 9.97. The van der Waals surface area contributed by atoms with E-state index in [2.05, 4.69) is 90.9 Å². The fourth-order valence-corrected chi connectivity index (χ4v) is 5.59. The standard InChI is InChI=1S/C26H36N2.C14H16O2/c1-6-11-12-26(28-25-16-14-21(8-3)23(10-5)18-25)19-27-24-15-13-20(7-2)22(9-4)17-24;1-3-9-7-10(4-2)11-5-6-13(15)14(16)12(11)8-9/h13-19H,6-12H2,1-5H3;5-8,15-16H,3-4H2,1-2H3. The predicted molar refractivity (Wildman–Crippen MR) is 191 cm³/mol. The zero-order valence-electron chi connectivity index (χ0n) is 28.0. The number of aliphatic imine (C=N–C) groups is 2. The summed E-state index contributed by atoms with van der Waals surface area (Å²) in [6.07, 6.45) is 11.3. The summed E-state index contributed by atoms with van der Waals surface area (Å²) in [7, 11) is 0. The molecule has 234 valence electrons. The first-order valence-corrected chi connectivity index (χ1v) is 16.6. The van der Waals surface area contributed by atoms with E-state index in [-0.39, 0.29) is 11.5 Å². The molecule has 0 saturated carbocycles. The van der Waals surface area contributed by atoms with Crippen LogP contribution in [0.4, 0.5) is 11.4 Å². The Balaban J connectivity index is 0.000000278. The summed E-state index contributed by atoms with van der Waals surface area (Å²) in [5, 5.41) is 21.1. The second-order valence-corrected chi connectivity index (χ2v) is 11.3. The average molecular weight is 593 g/mol. The van der Waals surface area contributed by atoms with Crippen molar-refractivity contribution in [3.63, 3.8) is 0 Å². The molecule has 0 aliphatic carbocycles. The van der Waals surface area contributed by atoms with Gasteiger partial charge in [0, 0.05) is 11.6 Å². The molecule has 0 unspecified atom stereocenters. The third-order valence-corrected chi connectivity index (χ3v) is 8.35. The van der Waals surface area contributed by atoms with Crippen LogP contribution in [0.1, 0.15) is 101 Å². The molecular weight excluding hydrogens is 540 g/mol. The molecular formula is C40H52N2O2. The molecule has 0 bridgehead atoms. The lowest BCUT2D eigenvalue weighted by Crippen LogP contribution is -2.00. The van der Waals surface area contributed by atoms with E-state index in [1.165, 1.54) is 33.4 Å². The molecule has 0 fully saturated rings. The number of rotatable bonds is 12. The molecule has 0 aliphatic heterocycles. The maximum Gasteiger partial charge on any atom is 0.165 e. The molecule has 0 heterocycles. The van der Waals surface area contributed by atoms with Crippen LogP contribution in [0.15, 0.2) is 70.6 Å². The van der Waals surface area contributed by atoms with E-state index in [0.29, 0.717) is 0 Å². The summed E-state index contributed by atoms with van der Waals surface area (Å²) in [5.41, 5.74) is 11.2. The maximum atomic E-state index is 9.85. The van der Waals surface area contributed by atoms with Gasteiger partial charge in [0.1, 0.15) is 0 Å². The number of unbranched alkanes of at least 4 members (excludes halogenated alkanes) is 1. The predicted octanol–water partition coefficient (Wildman–Crippen LogP) is 11.0. The van der Waals surface area contributed by atoms with Crippen LogP contribution < -0.4 is 0 Å². The quantitative estimate of drug-likeness (QED) is 0.127. The molecule has 2 N–H and O–H groups in total. The van der Waals surface area contributed by atoms with Crippen molar-refractivity contribution >= 4 is 34.1 Å². The number of hydrogen-bond donors (Lipinski definition) is 2. The van der Waals surface area contributed by atoms with Crippen molar-refractivity contribution in [1.29, 1.82) is 0 Å². The molecule has 4 aromatic carbocycles. The normalized spacial score (nSPS) is 11.7. The third-order valence-electron chi connectivity index (χ3n) is 8.35. The van der Waals surface area contributed by atoms with Gasteiger partial charge in [-0.05, 0) is 127 Å². The van der Waals surface area contributed by atoms with Crippen molar-refractivity contribution in [3.8, 4) is 11.5 Å². The third kappa shape index (κ3) is 9.05. The van der Waals surface area contributed by atoms with E-state index in [9.17, 15) is 10.2 Å². The van der Waals surface area contributed by atoms with E-state index < -0.39 is 0 Å². The van der Waals surface area contributed by atoms with Gasteiger partial charge in [0.15, 0.2) is 11.5 Å². The number of hydrogen-bond acceptors (Lipinski definition) is 4. The fraction of sp³-hybridized carbons (Fsp3) is 0.400. The summed E-state index contributed by atoms with van der Waals surface area (Å²) in [6, 6.07) is 20.7. The molecule has 0 amide bonds.